The predicted molar refractivity (Wildman–Crippen MR) is 149 cm³/mol. The highest BCUT2D eigenvalue weighted by Gasteiger charge is 2.64. The largest absolute Gasteiger partial charge is 0.409 e. The van der Waals surface area contributed by atoms with Crippen LogP contribution >= 0.6 is 0 Å². The van der Waals surface area contributed by atoms with Gasteiger partial charge in [-0.3, -0.25) is 19.1 Å². The lowest BCUT2D eigenvalue weighted by Gasteiger charge is -2.35. The highest BCUT2D eigenvalue weighted by atomic mass is 19.4. The number of piperidine rings is 1. The lowest BCUT2D eigenvalue weighted by Crippen LogP contribution is -2.58. The molecule has 2 fully saturated rings. The number of ketones is 1. The van der Waals surface area contributed by atoms with E-state index in [4.69, 9.17) is 0 Å². The van der Waals surface area contributed by atoms with Gasteiger partial charge in [-0.15, -0.1) is 0 Å². The van der Waals surface area contributed by atoms with Crippen molar-refractivity contribution in [3.63, 3.8) is 0 Å². The zero-order valence-electron chi connectivity index (χ0n) is 24.8. The molecule has 12 heteroatoms. The van der Waals surface area contributed by atoms with E-state index in [0.29, 0.717) is 23.1 Å². The van der Waals surface area contributed by atoms with Gasteiger partial charge in [-0.2, -0.15) is 18.3 Å². The van der Waals surface area contributed by atoms with Crippen molar-refractivity contribution in [1.82, 2.24) is 30.0 Å². The molecule has 5 rings (SSSR count). The van der Waals surface area contributed by atoms with Crippen molar-refractivity contribution in [2.45, 2.75) is 92.2 Å². The minimum absolute atomic E-state index is 0.195. The van der Waals surface area contributed by atoms with E-state index in [1.165, 1.54) is 37.3 Å². The van der Waals surface area contributed by atoms with Crippen molar-refractivity contribution in [2.24, 2.45) is 10.8 Å². The van der Waals surface area contributed by atoms with E-state index in [1.807, 2.05) is 26.0 Å². The van der Waals surface area contributed by atoms with Gasteiger partial charge >= 0.3 is 6.18 Å². The number of hydrogen-bond donors (Lipinski definition) is 1. The number of hydrogen-bond acceptors (Lipinski definition) is 6. The molecule has 3 aromatic rings. The Hall–Kier alpha value is -3.83. The average molecular weight is 585 g/mol. The summed E-state index contributed by atoms with van der Waals surface area (Å²) < 4.78 is 43.0. The van der Waals surface area contributed by atoms with Gasteiger partial charge in [0.2, 0.25) is 11.8 Å². The molecule has 1 aliphatic heterocycles. The van der Waals surface area contributed by atoms with Crippen LogP contribution in [0, 0.1) is 24.7 Å². The molecule has 1 unspecified atom stereocenters. The van der Waals surface area contributed by atoms with Crippen LogP contribution < -0.4 is 5.32 Å². The van der Waals surface area contributed by atoms with Crippen LogP contribution in [-0.2, 0) is 16.1 Å². The van der Waals surface area contributed by atoms with Crippen LogP contribution in [0.2, 0.25) is 0 Å². The maximum Gasteiger partial charge on any atom is 0.409 e. The molecule has 2 aliphatic rings. The third-order valence-corrected chi connectivity index (χ3v) is 8.47. The van der Waals surface area contributed by atoms with E-state index in [1.54, 1.807) is 19.3 Å². The second-order valence-corrected chi connectivity index (χ2v) is 13.0. The molecule has 1 aliphatic carbocycles. The zero-order chi connectivity index (χ0) is 30.9. The van der Waals surface area contributed by atoms with Crippen LogP contribution in [0.25, 0.3) is 22.0 Å². The summed E-state index contributed by atoms with van der Waals surface area (Å²) in [6.07, 6.45) is -0.309. The van der Waals surface area contributed by atoms with E-state index >= 15 is 0 Å². The van der Waals surface area contributed by atoms with E-state index < -0.39 is 35.5 Å². The van der Waals surface area contributed by atoms with Crippen LogP contribution in [0.5, 0.6) is 0 Å². The van der Waals surface area contributed by atoms with Crippen molar-refractivity contribution in [1.29, 1.82) is 0 Å². The van der Waals surface area contributed by atoms with Crippen molar-refractivity contribution in [3.8, 4) is 11.1 Å². The molecule has 3 heterocycles. The molecular weight excluding hydrogens is 549 g/mol. The van der Waals surface area contributed by atoms with Crippen molar-refractivity contribution >= 4 is 28.5 Å². The second kappa shape index (κ2) is 9.88. The lowest BCUT2D eigenvalue weighted by molar-refractivity contribution is -0.182. The third kappa shape index (κ3) is 5.27. The van der Waals surface area contributed by atoms with E-state index in [-0.39, 0.29) is 35.9 Å². The number of aromatic nitrogens is 4. The number of benzene rings is 1. The van der Waals surface area contributed by atoms with E-state index in [2.05, 4.69) is 20.4 Å². The average Bonchev–Trinajstić information content (AvgIpc) is 3.22. The third-order valence-electron chi connectivity index (χ3n) is 8.47. The molecule has 224 valence electrons. The molecule has 1 N–H and O–H groups in total. The monoisotopic (exact) mass is 584 g/mol. The number of nitrogens with one attached hydrogen (secondary N) is 1. The molecule has 1 saturated heterocycles. The van der Waals surface area contributed by atoms with Gasteiger partial charge in [0.05, 0.1) is 5.52 Å². The first kappa shape index (κ1) is 29.7. The summed E-state index contributed by atoms with van der Waals surface area (Å²) in [6.45, 7) is 10.9. The van der Waals surface area contributed by atoms with Gasteiger partial charge in [0.25, 0.3) is 0 Å². The van der Waals surface area contributed by atoms with Gasteiger partial charge in [-0.05, 0) is 60.8 Å². The Morgan fingerprint density at radius 2 is 1.71 bits per heavy atom. The smallest absolute Gasteiger partial charge is 0.342 e. The number of Topliss-reactive ketones (excluding diaryl/α,β-unsaturated/α-hetero) is 1. The summed E-state index contributed by atoms with van der Waals surface area (Å²) in [5.41, 5.74) is 1.50. The molecule has 0 radical (unpaired) electrons. The fourth-order valence-electron chi connectivity index (χ4n) is 6.21. The number of likely N-dealkylation sites (tertiary alicyclic amines) is 1. The van der Waals surface area contributed by atoms with Gasteiger partial charge in [0.1, 0.15) is 30.1 Å². The number of carbonyl (C=O) groups is 3. The van der Waals surface area contributed by atoms with Gasteiger partial charge in [-0.25, -0.2) is 9.97 Å². The van der Waals surface area contributed by atoms with Crippen LogP contribution in [-0.4, -0.2) is 66.5 Å². The molecule has 1 aromatic carbocycles. The molecule has 0 spiro atoms. The number of fused-ring (bicyclic) bond motifs is 2. The lowest BCUT2D eigenvalue weighted by atomic mass is 9.86. The van der Waals surface area contributed by atoms with Crippen LogP contribution in [0.3, 0.4) is 0 Å². The first-order chi connectivity index (χ1) is 19.4. The number of carbonyl (C=O) groups excluding carboxylic acids is 3. The minimum atomic E-state index is -4.65. The number of halogens is 3. The Bertz CT molecular complexity index is 1580. The van der Waals surface area contributed by atoms with Crippen molar-refractivity contribution in [3.05, 3.63) is 41.6 Å². The van der Waals surface area contributed by atoms with Crippen molar-refractivity contribution < 1.29 is 27.6 Å². The standard InChI is InChI=1S/C30H35F3N6O3/c1-15-8-18(19-12-34-17(3)35-13-19)9-20-24(16(2)40)37-38(25(15)20)14-23(41)39-21(10-29(7)11-22(29)39)26(42)36-27(28(4,5)6)30(31,32)33/h8-9,12-13,21-22,27H,10-11,14H2,1-7H3,(H,36,42)/t21-,22+,27?,29-/m0/s1. The van der Waals surface area contributed by atoms with Gasteiger partial charge in [0.15, 0.2) is 5.78 Å². The Morgan fingerprint density at radius 3 is 2.29 bits per heavy atom. The van der Waals surface area contributed by atoms with Crippen molar-refractivity contribution in [2.75, 3.05) is 0 Å². The summed E-state index contributed by atoms with van der Waals surface area (Å²) in [7, 11) is 0. The highest BCUT2D eigenvalue weighted by molar-refractivity contribution is 6.07. The first-order valence-corrected chi connectivity index (χ1v) is 13.9. The molecule has 2 aromatic heterocycles. The maximum absolute atomic E-state index is 13.8. The number of rotatable bonds is 6. The summed E-state index contributed by atoms with van der Waals surface area (Å²) in [5, 5.41) is 7.25. The Morgan fingerprint density at radius 1 is 1.07 bits per heavy atom. The number of alkyl halides is 3. The number of aryl methyl sites for hydroxylation is 2. The molecule has 9 nitrogen and oxygen atoms in total. The maximum atomic E-state index is 13.8. The fraction of sp³-hybridized carbons (Fsp3) is 0.533. The second-order valence-electron chi connectivity index (χ2n) is 13.0. The summed E-state index contributed by atoms with van der Waals surface area (Å²) in [6, 6.07) is 0.370. The Balaban J connectivity index is 1.47. The Labute approximate surface area is 241 Å². The van der Waals surface area contributed by atoms with E-state index in [0.717, 1.165) is 16.7 Å². The molecule has 4 atom stereocenters. The van der Waals surface area contributed by atoms with Crippen LogP contribution in [0.15, 0.2) is 24.5 Å². The van der Waals surface area contributed by atoms with Gasteiger partial charge in [0, 0.05) is 36.3 Å². The van der Waals surface area contributed by atoms with Crippen LogP contribution in [0.4, 0.5) is 13.2 Å². The quantitative estimate of drug-likeness (QED) is 0.418. The van der Waals surface area contributed by atoms with Gasteiger partial charge < -0.3 is 10.2 Å². The van der Waals surface area contributed by atoms with E-state index in [9.17, 15) is 27.6 Å². The predicted octanol–water partition coefficient (Wildman–Crippen LogP) is 4.79. The molecule has 0 bridgehead atoms. The van der Waals surface area contributed by atoms with Gasteiger partial charge in [-0.1, -0.05) is 27.7 Å². The van der Waals surface area contributed by atoms with Crippen LogP contribution in [0.1, 0.15) is 69.3 Å². The Kier molecular flexibility index (Phi) is 6.97. The molecular formula is C30H35F3N6O3. The molecule has 2 amide bonds. The topological polar surface area (TPSA) is 110 Å². The normalized spacial score (nSPS) is 22.7. The number of nitrogens with zero attached hydrogens (tertiary/aromatic N) is 5. The SMILES string of the molecule is CC(=O)c1nn(CC(=O)N2[C@H](C(=O)NC(C(C)(C)C)C(F)(F)F)C[C@@]3(C)C[C@@H]23)c2c(C)cc(-c3cnc(C)nc3)cc12. The summed E-state index contributed by atoms with van der Waals surface area (Å²) in [5.74, 6) is -0.905. The summed E-state index contributed by atoms with van der Waals surface area (Å²) in [4.78, 5) is 49.6. The molecule has 1 saturated carbocycles. The highest BCUT2D eigenvalue weighted by Crippen LogP contribution is 2.59. The molecule has 42 heavy (non-hydrogen) atoms. The first-order valence-electron chi connectivity index (χ1n) is 13.9. The fourth-order valence-corrected chi connectivity index (χ4v) is 6.21. The summed E-state index contributed by atoms with van der Waals surface area (Å²) >= 11 is 0. The minimum Gasteiger partial charge on any atom is -0.342 e. The zero-order valence-corrected chi connectivity index (χ0v) is 24.8. The number of amides is 2.